The van der Waals surface area contributed by atoms with Gasteiger partial charge in [-0.2, -0.15) is 0 Å². The van der Waals surface area contributed by atoms with Crippen LogP contribution in [0.4, 0.5) is 0 Å². The molecule has 1 aromatic rings. The summed E-state index contributed by atoms with van der Waals surface area (Å²) in [6.07, 6.45) is 1.41. The van der Waals surface area contributed by atoms with Crippen LogP contribution in [0.15, 0.2) is 10.5 Å². The molecule has 1 fully saturated rings. The van der Waals surface area contributed by atoms with Crippen molar-refractivity contribution in [3.05, 3.63) is 23.2 Å². The van der Waals surface area contributed by atoms with E-state index in [0.29, 0.717) is 18.7 Å². The average Bonchev–Trinajstić information content (AvgIpc) is 2.84. The molecular weight excluding hydrogens is 216 g/mol. The first-order chi connectivity index (χ1) is 8.11. The Morgan fingerprint density at radius 1 is 1.53 bits per heavy atom. The van der Waals surface area contributed by atoms with Crippen molar-refractivity contribution in [2.45, 2.75) is 45.5 Å². The third-order valence-electron chi connectivity index (χ3n) is 3.60. The highest BCUT2D eigenvalue weighted by molar-refractivity contribution is 5.20. The Balaban J connectivity index is 1.99. The Labute approximate surface area is 103 Å². The number of hydrogen-bond donors (Lipinski definition) is 1. The molecule has 2 N–H and O–H groups in total. The number of ether oxygens (including phenoxy) is 1. The summed E-state index contributed by atoms with van der Waals surface area (Å²) < 4.78 is 11.3. The minimum absolute atomic E-state index is 0.310. The molecular formula is C13H22N2O2. The van der Waals surface area contributed by atoms with Crippen molar-refractivity contribution >= 4 is 0 Å². The summed E-state index contributed by atoms with van der Waals surface area (Å²) in [6.45, 7) is 6.32. The average molecular weight is 238 g/mol. The predicted octanol–water partition coefficient (Wildman–Crippen LogP) is 1.66. The highest BCUT2D eigenvalue weighted by atomic mass is 16.5. The van der Waals surface area contributed by atoms with Crippen LogP contribution in [0.25, 0.3) is 0 Å². The number of nitrogens with two attached hydrogens (primary N) is 1. The Morgan fingerprint density at radius 3 is 2.82 bits per heavy atom. The Morgan fingerprint density at radius 2 is 2.29 bits per heavy atom. The molecule has 1 aliphatic heterocycles. The smallest absolute Gasteiger partial charge is 0.118 e. The van der Waals surface area contributed by atoms with Crippen molar-refractivity contribution in [1.82, 2.24) is 4.90 Å². The van der Waals surface area contributed by atoms with Gasteiger partial charge in [0.1, 0.15) is 11.5 Å². The van der Waals surface area contributed by atoms with Crippen LogP contribution >= 0.6 is 0 Å². The topological polar surface area (TPSA) is 51.6 Å². The minimum Gasteiger partial charge on any atom is -0.465 e. The molecule has 2 rings (SSSR count). The van der Waals surface area contributed by atoms with E-state index < -0.39 is 0 Å². The van der Waals surface area contributed by atoms with Crippen molar-refractivity contribution in [3.8, 4) is 0 Å². The van der Waals surface area contributed by atoms with Gasteiger partial charge in [0.25, 0.3) is 0 Å². The fourth-order valence-corrected chi connectivity index (χ4v) is 2.53. The molecule has 4 nitrogen and oxygen atoms in total. The number of aryl methyl sites for hydroxylation is 1. The fourth-order valence-electron chi connectivity index (χ4n) is 2.53. The standard InChI is InChI=1S/C13H22N2O2/c1-9-11(7-14)6-12(17-9)8-15(3)13-4-5-16-10(13)2/h6,10,13H,4-5,7-8,14H2,1-3H3. The van der Waals surface area contributed by atoms with Crippen LogP contribution in [-0.2, 0) is 17.8 Å². The van der Waals surface area contributed by atoms with E-state index in [1.807, 2.05) is 6.92 Å². The van der Waals surface area contributed by atoms with E-state index in [9.17, 15) is 0 Å². The number of hydrogen-bond acceptors (Lipinski definition) is 4. The zero-order valence-electron chi connectivity index (χ0n) is 10.9. The maximum Gasteiger partial charge on any atom is 0.118 e. The van der Waals surface area contributed by atoms with E-state index >= 15 is 0 Å². The molecule has 2 unspecified atom stereocenters. The van der Waals surface area contributed by atoms with Crippen LogP contribution in [0.2, 0.25) is 0 Å². The molecule has 0 spiro atoms. The molecule has 0 saturated carbocycles. The lowest BCUT2D eigenvalue weighted by Gasteiger charge is -2.25. The van der Waals surface area contributed by atoms with Crippen LogP contribution in [0.3, 0.4) is 0 Å². The fraction of sp³-hybridized carbons (Fsp3) is 0.692. The first-order valence-corrected chi connectivity index (χ1v) is 6.22. The van der Waals surface area contributed by atoms with Gasteiger partial charge in [-0.3, -0.25) is 4.90 Å². The van der Waals surface area contributed by atoms with Crippen LogP contribution in [-0.4, -0.2) is 30.7 Å². The first-order valence-electron chi connectivity index (χ1n) is 6.22. The number of nitrogens with zero attached hydrogens (tertiary/aromatic N) is 1. The Bertz CT molecular complexity index is 375. The summed E-state index contributed by atoms with van der Waals surface area (Å²) in [5.74, 6) is 1.93. The van der Waals surface area contributed by atoms with E-state index in [2.05, 4.69) is 24.9 Å². The summed E-state index contributed by atoms with van der Waals surface area (Å²) in [7, 11) is 2.12. The lowest BCUT2D eigenvalue weighted by Crippen LogP contribution is -2.36. The maximum absolute atomic E-state index is 5.71. The van der Waals surface area contributed by atoms with Crippen molar-refractivity contribution in [1.29, 1.82) is 0 Å². The lowest BCUT2D eigenvalue weighted by atomic mass is 10.1. The summed E-state index contributed by atoms with van der Waals surface area (Å²) in [5.41, 5.74) is 6.75. The van der Waals surface area contributed by atoms with Crippen molar-refractivity contribution in [2.24, 2.45) is 5.73 Å². The molecule has 1 saturated heterocycles. The summed E-state index contributed by atoms with van der Waals surface area (Å²) in [4.78, 5) is 2.30. The molecule has 96 valence electrons. The van der Waals surface area contributed by atoms with Gasteiger partial charge in [0.2, 0.25) is 0 Å². The predicted molar refractivity (Wildman–Crippen MR) is 66.6 cm³/mol. The Kier molecular flexibility index (Phi) is 3.86. The van der Waals surface area contributed by atoms with E-state index in [0.717, 1.165) is 36.7 Å². The van der Waals surface area contributed by atoms with Gasteiger partial charge in [-0.1, -0.05) is 0 Å². The van der Waals surface area contributed by atoms with Gasteiger partial charge in [-0.25, -0.2) is 0 Å². The second kappa shape index (κ2) is 5.21. The molecule has 1 aliphatic rings. The molecule has 0 amide bonds. The number of furan rings is 1. The molecule has 0 radical (unpaired) electrons. The molecule has 2 heterocycles. The Hall–Kier alpha value is -0.840. The van der Waals surface area contributed by atoms with Crippen LogP contribution in [0.1, 0.15) is 30.4 Å². The summed E-state index contributed by atoms with van der Waals surface area (Å²) >= 11 is 0. The van der Waals surface area contributed by atoms with E-state index in [1.54, 1.807) is 0 Å². The highest BCUT2D eigenvalue weighted by Crippen LogP contribution is 2.22. The molecule has 0 aliphatic carbocycles. The second-order valence-electron chi connectivity index (χ2n) is 4.85. The third kappa shape index (κ3) is 2.70. The van der Waals surface area contributed by atoms with Crippen LogP contribution in [0.5, 0.6) is 0 Å². The zero-order valence-corrected chi connectivity index (χ0v) is 10.9. The van der Waals surface area contributed by atoms with E-state index in [1.165, 1.54) is 0 Å². The van der Waals surface area contributed by atoms with Gasteiger partial charge >= 0.3 is 0 Å². The molecule has 0 bridgehead atoms. The van der Waals surface area contributed by atoms with Gasteiger partial charge < -0.3 is 14.9 Å². The minimum atomic E-state index is 0.310. The van der Waals surface area contributed by atoms with Gasteiger partial charge in [0, 0.05) is 24.8 Å². The van der Waals surface area contributed by atoms with Gasteiger partial charge in [-0.05, 0) is 33.4 Å². The molecule has 1 aromatic heterocycles. The van der Waals surface area contributed by atoms with Crippen molar-refractivity contribution < 1.29 is 9.15 Å². The molecule has 2 atom stereocenters. The van der Waals surface area contributed by atoms with Crippen molar-refractivity contribution in [2.75, 3.05) is 13.7 Å². The largest absolute Gasteiger partial charge is 0.465 e. The highest BCUT2D eigenvalue weighted by Gasteiger charge is 2.28. The zero-order chi connectivity index (χ0) is 12.4. The lowest BCUT2D eigenvalue weighted by molar-refractivity contribution is 0.0791. The van der Waals surface area contributed by atoms with E-state index in [-0.39, 0.29) is 0 Å². The number of likely N-dealkylation sites (N-methyl/N-ethyl adjacent to an activating group) is 1. The molecule has 4 heteroatoms. The van der Waals surface area contributed by atoms with Gasteiger partial charge in [0.15, 0.2) is 0 Å². The maximum atomic E-state index is 5.71. The quantitative estimate of drug-likeness (QED) is 0.866. The first kappa shape index (κ1) is 12.6. The molecule has 17 heavy (non-hydrogen) atoms. The SMILES string of the molecule is Cc1oc(CN(C)C2CCOC2C)cc1CN. The monoisotopic (exact) mass is 238 g/mol. The second-order valence-corrected chi connectivity index (χ2v) is 4.85. The normalized spacial score (nSPS) is 24.8. The third-order valence-corrected chi connectivity index (χ3v) is 3.60. The van der Waals surface area contributed by atoms with Crippen LogP contribution in [0, 0.1) is 6.92 Å². The van der Waals surface area contributed by atoms with Crippen LogP contribution < -0.4 is 5.73 Å². The van der Waals surface area contributed by atoms with Gasteiger partial charge in [0.05, 0.1) is 12.6 Å². The van der Waals surface area contributed by atoms with Crippen molar-refractivity contribution in [3.63, 3.8) is 0 Å². The summed E-state index contributed by atoms with van der Waals surface area (Å²) in [5, 5.41) is 0. The number of rotatable bonds is 4. The summed E-state index contributed by atoms with van der Waals surface area (Å²) in [6, 6.07) is 2.55. The van der Waals surface area contributed by atoms with E-state index in [4.69, 9.17) is 14.9 Å². The van der Waals surface area contributed by atoms with Gasteiger partial charge in [-0.15, -0.1) is 0 Å². The molecule has 0 aromatic carbocycles.